The van der Waals surface area contributed by atoms with E-state index in [-0.39, 0.29) is 17.4 Å². The number of rotatable bonds is 7. The minimum atomic E-state index is -0.455. The Bertz CT molecular complexity index is 483. The van der Waals surface area contributed by atoms with Gasteiger partial charge in [-0.05, 0) is 44.4 Å². The number of hydrogen-bond donors (Lipinski definition) is 3. The smallest absolute Gasteiger partial charge is 0.251 e. The van der Waals surface area contributed by atoms with Gasteiger partial charge in [-0.25, -0.2) is 0 Å². The van der Waals surface area contributed by atoms with Crippen LogP contribution in [0.25, 0.3) is 0 Å². The molecule has 0 aromatic heterocycles. The van der Waals surface area contributed by atoms with E-state index in [2.05, 4.69) is 19.2 Å². The molecule has 0 unspecified atom stereocenters. The normalized spacial score (nSPS) is 11.7. The van der Waals surface area contributed by atoms with Gasteiger partial charge < -0.3 is 20.3 Å². The SMILES string of the molecule is CC(C)CCOC(C)(C)CNC(=O)c1ccc(O)c(O)c1. The molecular formula is C16H25NO4. The van der Waals surface area contributed by atoms with Crippen LogP contribution in [0.5, 0.6) is 11.5 Å². The molecule has 0 atom stereocenters. The summed E-state index contributed by atoms with van der Waals surface area (Å²) in [4.78, 5) is 12.0. The lowest BCUT2D eigenvalue weighted by atomic mass is 10.1. The van der Waals surface area contributed by atoms with Gasteiger partial charge in [-0.3, -0.25) is 4.79 Å². The Morgan fingerprint density at radius 2 is 1.95 bits per heavy atom. The number of amides is 1. The zero-order valence-corrected chi connectivity index (χ0v) is 13.1. The van der Waals surface area contributed by atoms with Crippen molar-refractivity contribution in [2.45, 2.75) is 39.7 Å². The van der Waals surface area contributed by atoms with Gasteiger partial charge in [0.1, 0.15) is 0 Å². The molecule has 0 aliphatic carbocycles. The van der Waals surface area contributed by atoms with Crippen LogP contribution in [-0.2, 0) is 4.74 Å². The highest BCUT2D eigenvalue weighted by molar-refractivity contribution is 5.94. The van der Waals surface area contributed by atoms with Crippen LogP contribution in [0.1, 0.15) is 44.5 Å². The number of hydrogen-bond acceptors (Lipinski definition) is 4. The number of phenolic OH excluding ortho intramolecular Hbond substituents is 2. The fraction of sp³-hybridized carbons (Fsp3) is 0.562. The van der Waals surface area contributed by atoms with Crippen molar-refractivity contribution >= 4 is 5.91 Å². The van der Waals surface area contributed by atoms with Gasteiger partial charge in [0.15, 0.2) is 11.5 Å². The van der Waals surface area contributed by atoms with Crippen LogP contribution < -0.4 is 5.32 Å². The second kappa shape index (κ2) is 7.31. The van der Waals surface area contributed by atoms with Crippen LogP contribution in [0.4, 0.5) is 0 Å². The highest BCUT2D eigenvalue weighted by Crippen LogP contribution is 2.24. The number of aromatic hydroxyl groups is 2. The van der Waals surface area contributed by atoms with E-state index >= 15 is 0 Å². The molecule has 0 radical (unpaired) electrons. The van der Waals surface area contributed by atoms with Crippen molar-refractivity contribution < 1.29 is 19.7 Å². The Balaban J connectivity index is 2.49. The van der Waals surface area contributed by atoms with E-state index in [1.54, 1.807) is 0 Å². The van der Waals surface area contributed by atoms with Gasteiger partial charge in [-0.15, -0.1) is 0 Å². The third-order valence-corrected chi connectivity index (χ3v) is 3.10. The molecule has 0 spiro atoms. The standard InChI is InChI=1S/C16H25NO4/c1-11(2)7-8-21-16(3,4)10-17-15(20)12-5-6-13(18)14(19)9-12/h5-6,9,11,18-19H,7-8,10H2,1-4H3,(H,17,20). The number of carbonyl (C=O) groups is 1. The van der Waals surface area contributed by atoms with Gasteiger partial charge in [-0.2, -0.15) is 0 Å². The topological polar surface area (TPSA) is 78.8 Å². The van der Waals surface area contributed by atoms with E-state index in [9.17, 15) is 15.0 Å². The lowest BCUT2D eigenvalue weighted by molar-refractivity contribution is -0.0200. The minimum absolute atomic E-state index is 0.246. The zero-order valence-electron chi connectivity index (χ0n) is 13.1. The summed E-state index contributed by atoms with van der Waals surface area (Å²) < 4.78 is 5.77. The second-order valence-corrected chi connectivity index (χ2v) is 6.18. The lowest BCUT2D eigenvalue weighted by Crippen LogP contribution is -2.40. The van der Waals surface area contributed by atoms with Gasteiger partial charge >= 0.3 is 0 Å². The first-order valence-corrected chi connectivity index (χ1v) is 7.15. The van der Waals surface area contributed by atoms with E-state index in [1.165, 1.54) is 18.2 Å². The summed E-state index contributed by atoms with van der Waals surface area (Å²) in [6.45, 7) is 9.13. The molecule has 3 N–H and O–H groups in total. The largest absolute Gasteiger partial charge is 0.504 e. The number of ether oxygens (including phenoxy) is 1. The maximum atomic E-state index is 12.0. The molecule has 5 nitrogen and oxygen atoms in total. The summed E-state index contributed by atoms with van der Waals surface area (Å²) in [6, 6.07) is 3.98. The summed E-state index contributed by atoms with van der Waals surface area (Å²) in [5.74, 6) is -0.291. The molecular weight excluding hydrogens is 270 g/mol. The van der Waals surface area contributed by atoms with Crippen LogP contribution in [0, 0.1) is 5.92 Å². The molecule has 0 saturated carbocycles. The van der Waals surface area contributed by atoms with Crippen molar-refractivity contribution in [2.24, 2.45) is 5.92 Å². The second-order valence-electron chi connectivity index (χ2n) is 6.18. The molecule has 0 heterocycles. The number of phenols is 2. The summed E-state index contributed by atoms with van der Waals surface area (Å²) >= 11 is 0. The minimum Gasteiger partial charge on any atom is -0.504 e. The van der Waals surface area contributed by atoms with Gasteiger partial charge in [-0.1, -0.05) is 13.8 Å². The Kier molecular flexibility index (Phi) is 6.03. The van der Waals surface area contributed by atoms with Gasteiger partial charge in [0.25, 0.3) is 5.91 Å². The first-order chi connectivity index (χ1) is 9.71. The Hall–Kier alpha value is -1.75. The van der Waals surface area contributed by atoms with E-state index in [1.807, 2.05) is 13.8 Å². The third-order valence-electron chi connectivity index (χ3n) is 3.10. The lowest BCUT2D eigenvalue weighted by Gasteiger charge is -2.26. The third kappa shape index (κ3) is 6.04. The van der Waals surface area contributed by atoms with Crippen molar-refractivity contribution in [2.75, 3.05) is 13.2 Å². The molecule has 0 aliphatic heterocycles. The number of nitrogens with one attached hydrogen (secondary N) is 1. The number of carbonyl (C=O) groups excluding carboxylic acids is 1. The molecule has 1 aromatic rings. The monoisotopic (exact) mass is 295 g/mol. The first-order valence-electron chi connectivity index (χ1n) is 7.15. The molecule has 0 saturated heterocycles. The molecule has 0 aliphatic rings. The fourth-order valence-electron chi connectivity index (χ4n) is 1.68. The van der Waals surface area contributed by atoms with E-state index in [0.29, 0.717) is 24.6 Å². The summed E-state index contributed by atoms with van der Waals surface area (Å²) in [5.41, 5.74) is -0.160. The highest BCUT2D eigenvalue weighted by atomic mass is 16.5. The van der Waals surface area contributed by atoms with Crippen molar-refractivity contribution in [1.82, 2.24) is 5.32 Å². The van der Waals surface area contributed by atoms with Crippen LogP contribution in [0.15, 0.2) is 18.2 Å². The van der Waals surface area contributed by atoms with Crippen molar-refractivity contribution in [3.05, 3.63) is 23.8 Å². The zero-order chi connectivity index (χ0) is 16.0. The van der Waals surface area contributed by atoms with Crippen LogP contribution in [0.3, 0.4) is 0 Å². The van der Waals surface area contributed by atoms with E-state index in [0.717, 1.165) is 6.42 Å². The molecule has 1 aromatic carbocycles. The Morgan fingerprint density at radius 1 is 1.29 bits per heavy atom. The maximum Gasteiger partial charge on any atom is 0.251 e. The van der Waals surface area contributed by atoms with Crippen LogP contribution in [-0.4, -0.2) is 34.9 Å². The molecule has 1 rings (SSSR count). The molecule has 0 fully saturated rings. The molecule has 21 heavy (non-hydrogen) atoms. The van der Waals surface area contributed by atoms with Gasteiger partial charge in [0.2, 0.25) is 0 Å². The number of benzene rings is 1. The van der Waals surface area contributed by atoms with Crippen molar-refractivity contribution in [1.29, 1.82) is 0 Å². The van der Waals surface area contributed by atoms with Gasteiger partial charge in [0, 0.05) is 18.7 Å². The summed E-state index contributed by atoms with van der Waals surface area (Å²) in [5, 5.41) is 21.4. The quantitative estimate of drug-likeness (QED) is 0.676. The predicted octanol–water partition coefficient (Wildman–Crippen LogP) is 2.67. The molecule has 0 bridgehead atoms. The summed E-state index contributed by atoms with van der Waals surface area (Å²) in [6.07, 6.45) is 0.975. The molecule has 1 amide bonds. The van der Waals surface area contributed by atoms with Crippen molar-refractivity contribution in [3.63, 3.8) is 0 Å². The van der Waals surface area contributed by atoms with Crippen LogP contribution in [0.2, 0.25) is 0 Å². The first kappa shape index (κ1) is 17.3. The van der Waals surface area contributed by atoms with E-state index < -0.39 is 5.60 Å². The maximum absolute atomic E-state index is 12.0. The molecule has 118 valence electrons. The Labute approximate surface area is 125 Å². The highest BCUT2D eigenvalue weighted by Gasteiger charge is 2.20. The van der Waals surface area contributed by atoms with Crippen LogP contribution >= 0.6 is 0 Å². The van der Waals surface area contributed by atoms with Crippen molar-refractivity contribution in [3.8, 4) is 11.5 Å². The van der Waals surface area contributed by atoms with E-state index in [4.69, 9.17) is 4.74 Å². The predicted molar refractivity (Wildman–Crippen MR) is 81.6 cm³/mol. The van der Waals surface area contributed by atoms with Gasteiger partial charge in [0.05, 0.1) is 5.60 Å². The fourth-order valence-corrected chi connectivity index (χ4v) is 1.68. The molecule has 5 heteroatoms. The Morgan fingerprint density at radius 3 is 2.52 bits per heavy atom. The summed E-state index contributed by atoms with van der Waals surface area (Å²) in [7, 11) is 0. The average molecular weight is 295 g/mol. The average Bonchev–Trinajstić information content (AvgIpc) is 2.38.